The number of amides is 3. The van der Waals surface area contributed by atoms with Crippen molar-refractivity contribution < 1.29 is 47.0 Å². The monoisotopic (exact) mass is 857 g/mol. The maximum Gasteiger partial charge on any atom is 0.422 e. The van der Waals surface area contributed by atoms with Crippen LogP contribution in [0.25, 0.3) is 0 Å². The molecule has 1 heterocycles. The molecule has 15 heteroatoms. The lowest BCUT2D eigenvalue weighted by Gasteiger charge is -2.36. The van der Waals surface area contributed by atoms with E-state index in [0.717, 1.165) is 34.8 Å². The Hall–Kier alpha value is -5.90. The Kier molecular flexibility index (Phi) is 17.3. The minimum absolute atomic E-state index is 0.0187. The van der Waals surface area contributed by atoms with E-state index in [1.165, 1.54) is 29.3 Å². The van der Waals surface area contributed by atoms with Crippen molar-refractivity contribution in [2.45, 2.75) is 84.8 Å². The molecule has 1 aliphatic heterocycles. The number of ether oxygens (including phenoxy) is 3. The second-order valence-electron chi connectivity index (χ2n) is 16.5. The first kappa shape index (κ1) is 47.2. The Balaban J connectivity index is 1.50. The van der Waals surface area contributed by atoms with Gasteiger partial charge in [0, 0.05) is 32.7 Å². The molecular weight excluding hydrogens is 801 g/mol. The standard InChI is InChI=1S/C47H57F2N5O8/c1-33(2)42(50-45(57)60-32-37-9-7-6-8-10-37)43(55)54(62-44(56)38-18-11-35(12-19-38)29-52-25-27-59-28-26-52)41(24-17-34-13-20-39(48)21-14-34)31-53(51-46(58)61-47(3,4)5)30-36-15-22-40(49)23-16-36/h6-16,18-23,33,41-42H,17,24-32H2,1-5H3,(H,50,57)(H,51,58)/t41-,42-/m0/s1. The van der Waals surface area contributed by atoms with E-state index in [1.807, 2.05) is 30.3 Å². The number of halogens is 2. The van der Waals surface area contributed by atoms with Gasteiger partial charge < -0.3 is 24.4 Å². The highest BCUT2D eigenvalue weighted by Crippen LogP contribution is 2.21. The summed E-state index contributed by atoms with van der Waals surface area (Å²) in [6.45, 7) is 11.9. The van der Waals surface area contributed by atoms with Crippen molar-refractivity contribution in [3.63, 3.8) is 0 Å². The molecule has 0 saturated carbocycles. The first-order valence-electron chi connectivity index (χ1n) is 20.8. The lowest BCUT2D eigenvalue weighted by Crippen LogP contribution is -2.58. The van der Waals surface area contributed by atoms with Gasteiger partial charge in [-0.2, -0.15) is 5.06 Å². The first-order valence-corrected chi connectivity index (χ1v) is 20.8. The summed E-state index contributed by atoms with van der Waals surface area (Å²) in [6, 6.07) is 25.2. The van der Waals surface area contributed by atoms with Crippen LogP contribution in [-0.2, 0) is 50.0 Å². The molecule has 2 N–H and O–H groups in total. The number of hydroxylamine groups is 2. The fourth-order valence-corrected chi connectivity index (χ4v) is 6.66. The Bertz CT molecular complexity index is 2040. The number of nitrogens with one attached hydrogen (secondary N) is 2. The van der Waals surface area contributed by atoms with E-state index in [9.17, 15) is 28.0 Å². The second kappa shape index (κ2) is 22.8. The smallest absolute Gasteiger partial charge is 0.422 e. The van der Waals surface area contributed by atoms with Crippen molar-refractivity contribution in [2.24, 2.45) is 5.92 Å². The van der Waals surface area contributed by atoms with Crippen molar-refractivity contribution >= 4 is 24.1 Å². The largest absolute Gasteiger partial charge is 0.445 e. The Labute approximate surface area is 362 Å². The van der Waals surface area contributed by atoms with Gasteiger partial charge in [-0.1, -0.05) is 80.6 Å². The summed E-state index contributed by atoms with van der Waals surface area (Å²) in [5, 5.41) is 5.11. The number of carbonyl (C=O) groups excluding carboxylic acids is 4. The quantitative estimate of drug-likeness (QED) is 0.102. The Morgan fingerprint density at radius 1 is 0.774 bits per heavy atom. The van der Waals surface area contributed by atoms with E-state index < -0.39 is 59.3 Å². The van der Waals surface area contributed by atoms with Crippen LogP contribution in [0.4, 0.5) is 18.4 Å². The minimum Gasteiger partial charge on any atom is -0.445 e. The molecule has 0 aromatic heterocycles. The molecule has 1 aliphatic rings. The number of benzene rings is 4. The van der Waals surface area contributed by atoms with E-state index in [-0.39, 0.29) is 38.1 Å². The van der Waals surface area contributed by atoms with Gasteiger partial charge in [-0.25, -0.2) is 28.2 Å². The van der Waals surface area contributed by atoms with Gasteiger partial charge in [0.25, 0.3) is 5.91 Å². The molecule has 0 bridgehead atoms. The molecule has 4 aromatic carbocycles. The van der Waals surface area contributed by atoms with Crippen LogP contribution >= 0.6 is 0 Å². The topological polar surface area (TPSA) is 139 Å². The summed E-state index contributed by atoms with van der Waals surface area (Å²) < 4.78 is 44.5. The molecule has 332 valence electrons. The molecule has 13 nitrogen and oxygen atoms in total. The summed E-state index contributed by atoms with van der Waals surface area (Å²) in [6.07, 6.45) is -1.26. The fraction of sp³-hybridized carbons (Fsp3) is 0.404. The molecule has 1 fully saturated rings. The van der Waals surface area contributed by atoms with E-state index in [2.05, 4.69) is 15.6 Å². The third-order valence-electron chi connectivity index (χ3n) is 9.89. The highest BCUT2D eigenvalue weighted by atomic mass is 19.1. The lowest BCUT2D eigenvalue weighted by atomic mass is 10.0. The number of rotatable bonds is 17. The molecule has 5 rings (SSSR count). The fourth-order valence-electron chi connectivity index (χ4n) is 6.66. The van der Waals surface area contributed by atoms with Crippen LogP contribution in [0.15, 0.2) is 103 Å². The average Bonchev–Trinajstić information content (AvgIpc) is 3.24. The van der Waals surface area contributed by atoms with Crippen LogP contribution in [-0.4, -0.2) is 89.6 Å². The minimum atomic E-state index is -1.25. The molecule has 2 atom stereocenters. The van der Waals surface area contributed by atoms with Crippen LogP contribution < -0.4 is 10.7 Å². The molecule has 0 radical (unpaired) electrons. The third kappa shape index (κ3) is 15.5. The number of hydrazine groups is 1. The zero-order chi connectivity index (χ0) is 44.6. The summed E-state index contributed by atoms with van der Waals surface area (Å²) in [4.78, 5) is 64.0. The molecule has 4 aromatic rings. The van der Waals surface area contributed by atoms with E-state index >= 15 is 0 Å². The molecule has 0 spiro atoms. The van der Waals surface area contributed by atoms with Crippen LogP contribution in [0, 0.1) is 17.6 Å². The maximum atomic E-state index is 15.0. The average molecular weight is 858 g/mol. The number of nitrogens with zero attached hydrogens (tertiary/aromatic N) is 3. The van der Waals surface area contributed by atoms with Crippen LogP contribution in [0.5, 0.6) is 0 Å². The number of alkyl carbamates (subject to hydrolysis) is 1. The van der Waals surface area contributed by atoms with Gasteiger partial charge in [0.2, 0.25) is 0 Å². The second-order valence-corrected chi connectivity index (χ2v) is 16.5. The van der Waals surface area contributed by atoms with Gasteiger partial charge >= 0.3 is 18.2 Å². The number of aryl methyl sites for hydroxylation is 1. The van der Waals surface area contributed by atoms with Gasteiger partial charge in [0.1, 0.15) is 29.9 Å². The van der Waals surface area contributed by atoms with Gasteiger partial charge in [-0.3, -0.25) is 15.1 Å². The Morgan fingerprint density at radius 2 is 1.37 bits per heavy atom. The predicted octanol–water partition coefficient (Wildman–Crippen LogP) is 7.59. The summed E-state index contributed by atoms with van der Waals surface area (Å²) in [5.41, 5.74) is 5.09. The maximum absolute atomic E-state index is 15.0. The molecule has 1 saturated heterocycles. The first-order chi connectivity index (χ1) is 29.6. The summed E-state index contributed by atoms with van der Waals surface area (Å²) in [7, 11) is 0. The van der Waals surface area contributed by atoms with Crippen LogP contribution in [0.2, 0.25) is 0 Å². The van der Waals surface area contributed by atoms with Crippen molar-refractivity contribution in [3.8, 4) is 0 Å². The molecule has 0 aliphatic carbocycles. The van der Waals surface area contributed by atoms with Gasteiger partial charge in [0.15, 0.2) is 0 Å². The predicted molar refractivity (Wildman–Crippen MR) is 228 cm³/mol. The number of hydrogen-bond acceptors (Lipinski definition) is 10. The zero-order valence-electron chi connectivity index (χ0n) is 36.0. The van der Waals surface area contributed by atoms with Crippen molar-refractivity contribution in [1.29, 1.82) is 0 Å². The van der Waals surface area contributed by atoms with Crippen LogP contribution in [0.3, 0.4) is 0 Å². The zero-order valence-corrected chi connectivity index (χ0v) is 36.0. The SMILES string of the molecule is CC(C)[C@H](NC(=O)OCc1ccccc1)C(=O)N(OC(=O)c1ccc(CN2CCOCC2)cc1)[C@@H](CCc1ccc(F)cc1)CN(Cc1ccc(F)cc1)NC(=O)OC(C)(C)C. The third-order valence-corrected chi connectivity index (χ3v) is 9.89. The van der Waals surface area contributed by atoms with Crippen LogP contribution in [0.1, 0.15) is 73.7 Å². The Morgan fingerprint density at radius 3 is 1.97 bits per heavy atom. The number of carbonyl (C=O) groups is 4. The van der Waals surface area contributed by atoms with E-state index in [1.54, 1.807) is 83.1 Å². The van der Waals surface area contributed by atoms with Crippen molar-refractivity contribution in [3.05, 3.63) is 143 Å². The molecule has 0 unspecified atom stereocenters. The number of morpholine rings is 1. The highest BCUT2D eigenvalue weighted by molar-refractivity contribution is 5.92. The molecule has 62 heavy (non-hydrogen) atoms. The van der Waals surface area contributed by atoms with Gasteiger partial charge in [-0.05, 0) is 98.2 Å². The van der Waals surface area contributed by atoms with Gasteiger partial charge in [-0.15, -0.1) is 0 Å². The van der Waals surface area contributed by atoms with E-state index in [0.29, 0.717) is 25.3 Å². The van der Waals surface area contributed by atoms with E-state index in [4.69, 9.17) is 19.0 Å². The number of hydrogen-bond donors (Lipinski definition) is 2. The lowest BCUT2D eigenvalue weighted by molar-refractivity contribution is -0.184. The van der Waals surface area contributed by atoms with Crippen molar-refractivity contribution in [1.82, 2.24) is 25.7 Å². The van der Waals surface area contributed by atoms with Crippen molar-refractivity contribution in [2.75, 3.05) is 32.8 Å². The molecule has 3 amide bonds. The highest BCUT2D eigenvalue weighted by Gasteiger charge is 2.37. The van der Waals surface area contributed by atoms with Gasteiger partial charge in [0.05, 0.1) is 24.8 Å². The molecular formula is C47H57F2N5O8. The normalized spacial score (nSPS) is 14.1. The summed E-state index contributed by atoms with van der Waals surface area (Å²) in [5.74, 6) is -3.02. The summed E-state index contributed by atoms with van der Waals surface area (Å²) >= 11 is 0.